The highest BCUT2D eigenvalue weighted by molar-refractivity contribution is 6.31. The zero-order chi connectivity index (χ0) is 13.1. The van der Waals surface area contributed by atoms with Gasteiger partial charge in [0.25, 0.3) is 0 Å². The van der Waals surface area contributed by atoms with E-state index in [1.165, 1.54) is 6.20 Å². The van der Waals surface area contributed by atoms with E-state index in [1.54, 1.807) is 24.3 Å². The summed E-state index contributed by atoms with van der Waals surface area (Å²) in [6.45, 7) is 0. The van der Waals surface area contributed by atoms with E-state index >= 15 is 0 Å². The lowest BCUT2D eigenvalue weighted by atomic mass is 9.99. The average molecular weight is 263 g/mol. The fraction of sp³-hybridized carbons (Fsp3) is 0.231. The predicted octanol–water partition coefficient (Wildman–Crippen LogP) is 2.20. The number of hydrogen-bond donors (Lipinski definition) is 2. The van der Waals surface area contributed by atoms with E-state index in [1.807, 2.05) is 6.07 Å². The van der Waals surface area contributed by atoms with Crippen molar-refractivity contribution in [1.29, 1.82) is 5.26 Å². The third-order valence-corrected chi connectivity index (χ3v) is 2.96. The molecule has 0 aliphatic rings. The van der Waals surface area contributed by atoms with E-state index in [0.29, 0.717) is 21.5 Å². The van der Waals surface area contributed by atoms with Crippen molar-refractivity contribution in [2.45, 2.75) is 18.6 Å². The summed E-state index contributed by atoms with van der Waals surface area (Å²) >= 11 is 5.87. The first-order chi connectivity index (χ1) is 8.63. The summed E-state index contributed by atoms with van der Waals surface area (Å²) in [6, 6.07) is 8.57. The van der Waals surface area contributed by atoms with Crippen LogP contribution in [0.1, 0.15) is 18.1 Å². The Kier molecular flexibility index (Phi) is 3.78. The van der Waals surface area contributed by atoms with Crippen molar-refractivity contribution in [3.63, 3.8) is 0 Å². The van der Waals surface area contributed by atoms with Gasteiger partial charge >= 0.3 is 0 Å². The second-order valence-electron chi connectivity index (χ2n) is 3.94. The van der Waals surface area contributed by atoms with Crippen molar-refractivity contribution in [1.82, 2.24) is 4.98 Å². The first kappa shape index (κ1) is 12.8. The van der Waals surface area contributed by atoms with E-state index in [9.17, 15) is 10.2 Å². The van der Waals surface area contributed by atoms with Gasteiger partial charge in [-0.25, -0.2) is 0 Å². The van der Waals surface area contributed by atoms with E-state index in [2.05, 4.69) is 4.98 Å². The highest BCUT2D eigenvalue weighted by Crippen LogP contribution is 2.27. The Balaban J connectivity index is 2.48. The Hall–Kier alpha value is -1.67. The van der Waals surface area contributed by atoms with Gasteiger partial charge in [0.2, 0.25) is 0 Å². The van der Waals surface area contributed by atoms with E-state index in [4.69, 9.17) is 16.9 Å². The molecule has 0 fully saturated rings. The topological polar surface area (TPSA) is 77.1 Å². The van der Waals surface area contributed by atoms with Crippen LogP contribution in [0.25, 0.3) is 10.9 Å². The summed E-state index contributed by atoms with van der Waals surface area (Å²) in [5.41, 5.74) is 1.18. The summed E-state index contributed by atoms with van der Waals surface area (Å²) in [6.07, 6.45) is -0.817. The Bertz CT molecular complexity index is 609. The van der Waals surface area contributed by atoms with Gasteiger partial charge in [-0.15, -0.1) is 0 Å². The van der Waals surface area contributed by atoms with Gasteiger partial charge in [0, 0.05) is 16.6 Å². The summed E-state index contributed by atoms with van der Waals surface area (Å²) in [7, 11) is 0. The smallest absolute Gasteiger partial charge is 0.107 e. The van der Waals surface area contributed by atoms with Crippen molar-refractivity contribution < 1.29 is 10.2 Å². The molecule has 4 nitrogen and oxygen atoms in total. The third-order valence-electron chi connectivity index (χ3n) is 2.72. The van der Waals surface area contributed by atoms with Crippen LogP contribution < -0.4 is 0 Å². The molecule has 18 heavy (non-hydrogen) atoms. The maximum Gasteiger partial charge on any atom is 0.107 e. The first-order valence-corrected chi connectivity index (χ1v) is 5.78. The third kappa shape index (κ3) is 2.44. The zero-order valence-electron chi connectivity index (χ0n) is 9.42. The number of benzene rings is 1. The van der Waals surface area contributed by atoms with Crippen LogP contribution in [0.5, 0.6) is 0 Å². The van der Waals surface area contributed by atoms with Crippen molar-refractivity contribution in [3.8, 4) is 6.07 Å². The lowest BCUT2D eigenvalue weighted by molar-refractivity contribution is 0.0225. The molecule has 2 atom stereocenters. The number of aliphatic hydroxyl groups excluding tert-OH is 2. The number of pyridine rings is 1. The Labute approximate surface area is 109 Å². The van der Waals surface area contributed by atoms with Crippen LogP contribution in [-0.4, -0.2) is 21.3 Å². The molecular weight excluding hydrogens is 252 g/mol. The van der Waals surface area contributed by atoms with Crippen molar-refractivity contribution in [2.75, 3.05) is 0 Å². The first-order valence-electron chi connectivity index (χ1n) is 5.40. The number of nitrogens with zero attached hydrogens (tertiary/aromatic N) is 2. The summed E-state index contributed by atoms with van der Waals surface area (Å²) in [5, 5.41) is 29.5. The molecule has 5 heteroatoms. The van der Waals surface area contributed by atoms with Crippen LogP contribution in [0, 0.1) is 11.3 Å². The molecule has 0 bridgehead atoms. The van der Waals surface area contributed by atoms with Gasteiger partial charge in [-0.2, -0.15) is 5.26 Å². The van der Waals surface area contributed by atoms with E-state index < -0.39 is 12.2 Å². The molecule has 92 valence electrons. The van der Waals surface area contributed by atoms with Crippen molar-refractivity contribution >= 4 is 22.5 Å². The number of hydrogen-bond acceptors (Lipinski definition) is 4. The highest BCUT2D eigenvalue weighted by atomic mass is 35.5. The number of aliphatic hydroxyl groups is 2. The Morgan fingerprint density at radius 3 is 2.83 bits per heavy atom. The van der Waals surface area contributed by atoms with Gasteiger partial charge in [0.05, 0.1) is 24.1 Å². The highest BCUT2D eigenvalue weighted by Gasteiger charge is 2.20. The Morgan fingerprint density at radius 2 is 2.11 bits per heavy atom. The zero-order valence-corrected chi connectivity index (χ0v) is 10.2. The largest absolute Gasteiger partial charge is 0.389 e. The normalized spacial score (nSPS) is 14.1. The van der Waals surface area contributed by atoms with Gasteiger partial charge in [0.15, 0.2) is 0 Å². The molecular formula is C13H11ClN2O2. The van der Waals surface area contributed by atoms with E-state index in [-0.39, 0.29) is 6.42 Å². The van der Waals surface area contributed by atoms with Crippen molar-refractivity contribution in [2.24, 2.45) is 0 Å². The molecule has 0 aliphatic carbocycles. The SMILES string of the molecule is N#CCC(O)C(O)c1ccnc2cc(Cl)ccc12. The minimum Gasteiger partial charge on any atom is -0.389 e. The molecule has 0 spiro atoms. The fourth-order valence-electron chi connectivity index (χ4n) is 1.81. The molecule has 2 aromatic rings. The van der Waals surface area contributed by atoms with E-state index in [0.717, 1.165) is 0 Å². The molecule has 0 saturated heterocycles. The predicted molar refractivity (Wildman–Crippen MR) is 67.9 cm³/mol. The second kappa shape index (κ2) is 5.32. The van der Waals surface area contributed by atoms with Crippen LogP contribution in [-0.2, 0) is 0 Å². The monoisotopic (exact) mass is 262 g/mol. The molecule has 2 unspecified atom stereocenters. The summed E-state index contributed by atoms with van der Waals surface area (Å²) < 4.78 is 0. The quantitative estimate of drug-likeness (QED) is 0.889. The Morgan fingerprint density at radius 1 is 1.33 bits per heavy atom. The molecule has 0 amide bonds. The van der Waals surface area contributed by atoms with Crippen LogP contribution >= 0.6 is 11.6 Å². The standard InChI is InChI=1S/C13H11ClN2O2/c14-8-1-2-9-10(4-6-16-11(9)7-8)13(18)12(17)3-5-15/h1-2,4,6-7,12-13,17-18H,3H2. The maximum absolute atomic E-state index is 10.0. The fourth-order valence-corrected chi connectivity index (χ4v) is 1.98. The van der Waals surface area contributed by atoms with Gasteiger partial charge in [-0.3, -0.25) is 4.98 Å². The lowest BCUT2D eigenvalue weighted by Crippen LogP contribution is -2.17. The lowest BCUT2D eigenvalue weighted by Gasteiger charge is -2.17. The maximum atomic E-state index is 10.0. The molecule has 1 aromatic heterocycles. The van der Waals surface area contributed by atoms with Gasteiger partial charge in [0.1, 0.15) is 6.10 Å². The van der Waals surface area contributed by atoms with Crippen LogP contribution in [0.15, 0.2) is 30.5 Å². The number of nitriles is 1. The average Bonchev–Trinajstić information content (AvgIpc) is 2.37. The number of halogens is 1. The van der Waals surface area contributed by atoms with Crippen LogP contribution in [0.3, 0.4) is 0 Å². The molecule has 0 saturated carbocycles. The van der Waals surface area contributed by atoms with Gasteiger partial charge < -0.3 is 10.2 Å². The molecule has 0 aliphatic heterocycles. The van der Waals surface area contributed by atoms with Gasteiger partial charge in [-0.1, -0.05) is 17.7 Å². The molecule has 1 heterocycles. The minimum absolute atomic E-state index is 0.126. The van der Waals surface area contributed by atoms with Crippen molar-refractivity contribution in [3.05, 3.63) is 41.0 Å². The number of rotatable bonds is 3. The number of fused-ring (bicyclic) bond motifs is 1. The van der Waals surface area contributed by atoms with Crippen LogP contribution in [0.4, 0.5) is 0 Å². The number of aromatic nitrogens is 1. The minimum atomic E-state index is -1.11. The van der Waals surface area contributed by atoms with Gasteiger partial charge in [-0.05, 0) is 23.8 Å². The van der Waals surface area contributed by atoms with Crippen LogP contribution in [0.2, 0.25) is 5.02 Å². The summed E-state index contributed by atoms with van der Waals surface area (Å²) in [4.78, 5) is 4.15. The second-order valence-corrected chi connectivity index (χ2v) is 4.37. The summed E-state index contributed by atoms with van der Waals surface area (Å²) in [5.74, 6) is 0. The molecule has 1 aromatic carbocycles. The molecule has 2 N–H and O–H groups in total. The molecule has 2 rings (SSSR count). The molecule has 0 radical (unpaired) electrons.